The van der Waals surface area contributed by atoms with Crippen molar-refractivity contribution < 1.29 is 4.79 Å². The van der Waals surface area contributed by atoms with Crippen molar-refractivity contribution in [2.45, 2.75) is 33.1 Å². The molecule has 66 valence electrons. The Bertz CT molecular complexity index is 235. The summed E-state index contributed by atoms with van der Waals surface area (Å²) in [5.74, 6) is 1.63. The highest BCUT2D eigenvalue weighted by molar-refractivity contribution is 5.66. The summed E-state index contributed by atoms with van der Waals surface area (Å²) in [5.41, 5.74) is 1.88. The van der Waals surface area contributed by atoms with Gasteiger partial charge in [0.15, 0.2) is 0 Å². The average Bonchev–Trinajstić information content (AvgIpc) is 2.05. The van der Waals surface area contributed by atoms with Crippen LogP contribution in [-0.4, -0.2) is 6.29 Å². The standard InChI is InChI=1S/C11H16O/c1-11(2)9-4-3-8(5-6-12)10(11)7-9/h5-6,9-10H,3-4,7H2,1-2H3/b8-5+/t9-,10-/m0/s1. The Kier molecular flexibility index (Phi) is 1.64. The van der Waals surface area contributed by atoms with Crippen LogP contribution in [0, 0.1) is 17.3 Å². The number of hydrogen-bond donors (Lipinski definition) is 0. The van der Waals surface area contributed by atoms with Gasteiger partial charge in [0.05, 0.1) is 0 Å². The Morgan fingerprint density at radius 3 is 2.75 bits per heavy atom. The molecular formula is C11H16O. The highest BCUT2D eigenvalue weighted by Crippen LogP contribution is 2.60. The van der Waals surface area contributed by atoms with Crippen LogP contribution in [0.2, 0.25) is 0 Å². The second kappa shape index (κ2) is 2.45. The molecule has 3 fully saturated rings. The van der Waals surface area contributed by atoms with Gasteiger partial charge in [0.1, 0.15) is 6.29 Å². The maximum Gasteiger partial charge on any atom is 0.142 e. The zero-order valence-electron chi connectivity index (χ0n) is 7.84. The summed E-state index contributed by atoms with van der Waals surface area (Å²) >= 11 is 0. The second-order valence-electron chi connectivity index (χ2n) is 4.72. The third-order valence-corrected chi connectivity index (χ3v) is 3.98. The van der Waals surface area contributed by atoms with Crippen LogP contribution in [0.25, 0.3) is 0 Å². The van der Waals surface area contributed by atoms with E-state index in [1.54, 1.807) is 6.08 Å². The van der Waals surface area contributed by atoms with Crippen molar-refractivity contribution in [3.8, 4) is 0 Å². The van der Waals surface area contributed by atoms with Crippen LogP contribution in [0.15, 0.2) is 11.6 Å². The Morgan fingerprint density at radius 1 is 1.50 bits per heavy atom. The maximum absolute atomic E-state index is 10.4. The Balaban J connectivity index is 2.21. The van der Waals surface area contributed by atoms with E-state index in [-0.39, 0.29) is 0 Å². The fourth-order valence-electron chi connectivity index (χ4n) is 2.94. The van der Waals surface area contributed by atoms with Crippen LogP contribution in [0.4, 0.5) is 0 Å². The lowest BCUT2D eigenvalue weighted by Gasteiger charge is -2.57. The lowest BCUT2D eigenvalue weighted by Crippen LogP contribution is -2.49. The fourth-order valence-corrected chi connectivity index (χ4v) is 2.94. The van der Waals surface area contributed by atoms with Crippen LogP contribution < -0.4 is 0 Å². The van der Waals surface area contributed by atoms with E-state index in [1.165, 1.54) is 18.4 Å². The number of aldehydes is 1. The average molecular weight is 164 g/mol. The molecule has 2 bridgehead atoms. The molecule has 1 heteroatoms. The molecular weight excluding hydrogens is 148 g/mol. The van der Waals surface area contributed by atoms with E-state index in [4.69, 9.17) is 0 Å². The van der Waals surface area contributed by atoms with Crippen LogP contribution in [-0.2, 0) is 4.79 Å². The molecule has 0 unspecified atom stereocenters. The van der Waals surface area contributed by atoms with Gasteiger partial charge >= 0.3 is 0 Å². The minimum atomic E-state index is 0.479. The van der Waals surface area contributed by atoms with Crippen molar-refractivity contribution >= 4 is 6.29 Å². The Hall–Kier alpha value is -0.590. The van der Waals surface area contributed by atoms with Gasteiger partial charge in [-0.2, -0.15) is 0 Å². The van der Waals surface area contributed by atoms with E-state index in [0.717, 1.165) is 18.6 Å². The van der Waals surface area contributed by atoms with E-state index in [2.05, 4.69) is 13.8 Å². The molecule has 0 aromatic heterocycles. The highest BCUT2D eigenvalue weighted by atomic mass is 16.1. The summed E-state index contributed by atoms with van der Waals surface area (Å²) in [6.07, 6.45) is 6.53. The first-order valence-electron chi connectivity index (χ1n) is 4.80. The van der Waals surface area contributed by atoms with Crippen molar-refractivity contribution in [3.05, 3.63) is 11.6 Å². The molecule has 0 radical (unpaired) electrons. The molecule has 0 saturated heterocycles. The first-order valence-corrected chi connectivity index (χ1v) is 4.80. The van der Waals surface area contributed by atoms with E-state index in [1.807, 2.05) is 0 Å². The third-order valence-electron chi connectivity index (χ3n) is 3.98. The third kappa shape index (κ3) is 0.886. The molecule has 3 aliphatic carbocycles. The molecule has 0 aromatic rings. The fraction of sp³-hybridized carbons (Fsp3) is 0.727. The van der Waals surface area contributed by atoms with Crippen molar-refractivity contribution in [3.63, 3.8) is 0 Å². The van der Waals surface area contributed by atoms with Crippen molar-refractivity contribution in [2.75, 3.05) is 0 Å². The van der Waals surface area contributed by atoms with Gasteiger partial charge in [0.25, 0.3) is 0 Å². The van der Waals surface area contributed by atoms with Gasteiger partial charge in [-0.15, -0.1) is 0 Å². The minimum Gasteiger partial charge on any atom is -0.299 e. The SMILES string of the molecule is CC1(C)[C@H]2CC/C(=C\C=O)[C@@H]1C2. The largest absolute Gasteiger partial charge is 0.299 e. The number of rotatable bonds is 1. The molecule has 12 heavy (non-hydrogen) atoms. The lowest BCUT2D eigenvalue weighted by molar-refractivity contribution is -0.104. The zero-order valence-corrected chi connectivity index (χ0v) is 7.84. The number of carbonyl (C=O) groups is 1. The Labute approximate surface area is 73.8 Å². The summed E-state index contributed by atoms with van der Waals surface area (Å²) in [4.78, 5) is 10.4. The van der Waals surface area contributed by atoms with E-state index >= 15 is 0 Å². The molecule has 3 aliphatic rings. The van der Waals surface area contributed by atoms with Crippen LogP contribution in [0.5, 0.6) is 0 Å². The van der Waals surface area contributed by atoms with E-state index in [9.17, 15) is 4.79 Å². The number of hydrogen-bond acceptors (Lipinski definition) is 1. The molecule has 3 saturated carbocycles. The van der Waals surface area contributed by atoms with Gasteiger partial charge in [0, 0.05) is 0 Å². The summed E-state index contributed by atoms with van der Waals surface area (Å²) in [5, 5.41) is 0. The first-order chi connectivity index (χ1) is 5.66. The van der Waals surface area contributed by atoms with Crippen LogP contribution in [0.3, 0.4) is 0 Å². The number of allylic oxidation sites excluding steroid dienone is 2. The topological polar surface area (TPSA) is 17.1 Å². The maximum atomic E-state index is 10.4. The van der Waals surface area contributed by atoms with Gasteiger partial charge in [0.2, 0.25) is 0 Å². The molecule has 0 N–H and O–H groups in total. The molecule has 3 rings (SSSR count). The first kappa shape index (κ1) is 8.03. The van der Waals surface area contributed by atoms with Gasteiger partial charge in [-0.05, 0) is 42.6 Å². The van der Waals surface area contributed by atoms with Crippen molar-refractivity contribution in [1.29, 1.82) is 0 Å². The smallest absolute Gasteiger partial charge is 0.142 e. The molecule has 0 aliphatic heterocycles. The van der Waals surface area contributed by atoms with Crippen molar-refractivity contribution in [1.82, 2.24) is 0 Å². The molecule has 2 atom stereocenters. The van der Waals surface area contributed by atoms with E-state index in [0.29, 0.717) is 11.3 Å². The Morgan fingerprint density at radius 2 is 2.25 bits per heavy atom. The lowest BCUT2D eigenvalue weighted by atomic mass is 9.47. The molecule has 0 heterocycles. The van der Waals surface area contributed by atoms with E-state index < -0.39 is 0 Å². The van der Waals surface area contributed by atoms with Gasteiger partial charge in [-0.3, -0.25) is 4.79 Å². The summed E-state index contributed by atoms with van der Waals surface area (Å²) in [6, 6.07) is 0. The summed E-state index contributed by atoms with van der Waals surface area (Å²) < 4.78 is 0. The van der Waals surface area contributed by atoms with Gasteiger partial charge in [-0.25, -0.2) is 0 Å². The predicted molar refractivity (Wildman–Crippen MR) is 48.8 cm³/mol. The summed E-state index contributed by atoms with van der Waals surface area (Å²) in [6.45, 7) is 4.67. The van der Waals surface area contributed by atoms with Crippen molar-refractivity contribution in [2.24, 2.45) is 17.3 Å². The van der Waals surface area contributed by atoms with Crippen LogP contribution in [0.1, 0.15) is 33.1 Å². The number of carbonyl (C=O) groups excluding carboxylic acids is 1. The quantitative estimate of drug-likeness (QED) is 0.430. The predicted octanol–water partition coefficient (Wildman–Crippen LogP) is 2.57. The second-order valence-corrected chi connectivity index (χ2v) is 4.72. The van der Waals surface area contributed by atoms with Gasteiger partial charge in [-0.1, -0.05) is 19.4 Å². The number of fused-ring (bicyclic) bond motifs is 2. The minimum absolute atomic E-state index is 0.479. The summed E-state index contributed by atoms with van der Waals surface area (Å²) in [7, 11) is 0. The molecule has 0 spiro atoms. The molecule has 1 nitrogen and oxygen atoms in total. The molecule has 0 aromatic carbocycles. The van der Waals surface area contributed by atoms with Gasteiger partial charge < -0.3 is 0 Å². The molecule has 0 amide bonds. The monoisotopic (exact) mass is 164 g/mol. The highest BCUT2D eigenvalue weighted by Gasteiger charge is 2.51. The van der Waals surface area contributed by atoms with Crippen LogP contribution >= 0.6 is 0 Å². The normalized spacial score (nSPS) is 40.7. The zero-order chi connectivity index (χ0) is 8.77.